The Labute approximate surface area is 208 Å². The predicted octanol–water partition coefficient (Wildman–Crippen LogP) is 3.64. The van der Waals surface area contributed by atoms with Gasteiger partial charge in [-0.1, -0.05) is 78.9 Å². The van der Waals surface area contributed by atoms with Gasteiger partial charge in [-0.15, -0.1) is 0 Å². The van der Waals surface area contributed by atoms with Gasteiger partial charge in [0.05, 0.1) is 0 Å². The monoisotopic (exact) mass is 490 g/mol. The van der Waals surface area contributed by atoms with Crippen molar-refractivity contribution >= 4 is 30.6 Å². The number of thiol groups is 1. The molecule has 3 aromatic carbocycles. The molecule has 0 aliphatic heterocycles. The number of ether oxygens (including phenoxy) is 1. The third kappa shape index (κ3) is 5.66. The molecule has 0 aromatic heterocycles. The summed E-state index contributed by atoms with van der Waals surface area (Å²) in [7, 11) is 0. The lowest BCUT2D eigenvalue weighted by Crippen LogP contribution is -2.53. The number of carboxylic acids is 1. The Kier molecular flexibility index (Phi) is 7.72. The Morgan fingerprint density at radius 1 is 0.829 bits per heavy atom. The quantitative estimate of drug-likeness (QED) is 0.343. The van der Waals surface area contributed by atoms with Crippen LogP contribution in [0.2, 0.25) is 0 Å². The van der Waals surface area contributed by atoms with Gasteiger partial charge < -0.3 is 20.5 Å². The second-order valence-electron chi connectivity index (χ2n) is 8.29. The molecule has 0 spiro atoms. The minimum Gasteiger partial charge on any atom is -0.480 e. The summed E-state index contributed by atoms with van der Waals surface area (Å²) in [5, 5.41) is 14.3. The first-order chi connectivity index (χ1) is 17.0. The van der Waals surface area contributed by atoms with Gasteiger partial charge in [0.1, 0.15) is 18.7 Å². The third-order valence-corrected chi connectivity index (χ3v) is 6.40. The predicted molar refractivity (Wildman–Crippen MR) is 136 cm³/mol. The summed E-state index contributed by atoms with van der Waals surface area (Å²) in [6.07, 6.45) is -0.573. The van der Waals surface area contributed by atoms with Crippen LogP contribution >= 0.6 is 12.6 Å². The van der Waals surface area contributed by atoms with Crippen LogP contribution in [-0.4, -0.2) is 47.5 Å². The average Bonchev–Trinajstić information content (AvgIpc) is 3.19. The summed E-state index contributed by atoms with van der Waals surface area (Å²) >= 11 is 3.99. The molecular formula is C27H26N2O5S. The average molecular weight is 491 g/mol. The van der Waals surface area contributed by atoms with Gasteiger partial charge in [0.2, 0.25) is 5.91 Å². The SMILES string of the molecule is O=C(N[C@@H](Cc1ccccc1)C(=O)NC(CS)C(=O)O)OCC1c2ccccc2-c2ccccc21. The lowest BCUT2D eigenvalue weighted by molar-refractivity contribution is -0.141. The second kappa shape index (κ2) is 11.1. The van der Waals surface area contributed by atoms with E-state index in [-0.39, 0.29) is 24.7 Å². The molecule has 0 saturated carbocycles. The molecule has 2 amide bonds. The number of carbonyl (C=O) groups excluding carboxylic acids is 2. The van der Waals surface area contributed by atoms with Crippen LogP contribution in [0.3, 0.4) is 0 Å². The van der Waals surface area contributed by atoms with Crippen LogP contribution in [0.1, 0.15) is 22.6 Å². The molecule has 8 heteroatoms. The maximum Gasteiger partial charge on any atom is 0.407 e. The second-order valence-corrected chi connectivity index (χ2v) is 8.66. The van der Waals surface area contributed by atoms with Gasteiger partial charge in [-0.3, -0.25) is 4.79 Å². The highest BCUT2D eigenvalue weighted by Gasteiger charge is 2.30. The molecular weight excluding hydrogens is 464 g/mol. The zero-order valence-corrected chi connectivity index (χ0v) is 19.8. The number of rotatable bonds is 9. The van der Waals surface area contributed by atoms with E-state index in [4.69, 9.17) is 4.74 Å². The van der Waals surface area contributed by atoms with E-state index in [1.807, 2.05) is 66.7 Å². The number of nitrogens with one attached hydrogen (secondary N) is 2. The number of benzene rings is 3. The zero-order chi connectivity index (χ0) is 24.8. The molecule has 0 radical (unpaired) electrons. The first-order valence-electron chi connectivity index (χ1n) is 11.3. The number of fused-ring (bicyclic) bond motifs is 3. The van der Waals surface area contributed by atoms with Gasteiger partial charge in [-0.25, -0.2) is 9.59 Å². The fraction of sp³-hybridized carbons (Fsp3) is 0.222. The minimum absolute atomic E-state index is 0.0793. The molecule has 0 heterocycles. The van der Waals surface area contributed by atoms with Gasteiger partial charge in [-0.05, 0) is 27.8 Å². The van der Waals surface area contributed by atoms with E-state index in [0.29, 0.717) is 0 Å². The van der Waals surface area contributed by atoms with Crippen LogP contribution in [-0.2, 0) is 20.7 Å². The summed E-state index contributed by atoms with van der Waals surface area (Å²) in [5.74, 6) is -2.02. The van der Waals surface area contributed by atoms with E-state index >= 15 is 0 Å². The normalized spacial score (nSPS) is 13.7. The molecule has 3 N–H and O–H groups in total. The number of amides is 2. The molecule has 35 heavy (non-hydrogen) atoms. The van der Waals surface area contributed by atoms with Crippen molar-refractivity contribution in [3.8, 4) is 11.1 Å². The molecule has 1 aliphatic carbocycles. The molecule has 0 fully saturated rings. The maximum atomic E-state index is 12.9. The van der Waals surface area contributed by atoms with E-state index in [1.165, 1.54) is 0 Å². The van der Waals surface area contributed by atoms with Gasteiger partial charge in [0, 0.05) is 18.1 Å². The molecule has 2 atom stereocenters. The first-order valence-corrected chi connectivity index (χ1v) is 11.9. The fourth-order valence-electron chi connectivity index (χ4n) is 4.30. The minimum atomic E-state index is -1.20. The number of carbonyl (C=O) groups is 3. The summed E-state index contributed by atoms with van der Waals surface area (Å²) in [6.45, 7) is 0.105. The van der Waals surface area contributed by atoms with Gasteiger partial charge in [0.25, 0.3) is 0 Å². The van der Waals surface area contributed by atoms with E-state index in [0.717, 1.165) is 27.8 Å². The molecule has 180 valence electrons. The molecule has 0 saturated heterocycles. The van der Waals surface area contributed by atoms with Crippen molar-refractivity contribution < 1.29 is 24.2 Å². The van der Waals surface area contributed by atoms with Crippen molar-refractivity contribution in [1.82, 2.24) is 10.6 Å². The maximum absolute atomic E-state index is 12.9. The van der Waals surface area contributed by atoms with Gasteiger partial charge in [-0.2, -0.15) is 12.6 Å². The molecule has 1 aliphatic rings. The number of hydrogen-bond acceptors (Lipinski definition) is 5. The molecule has 1 unspecified atom stereocenters. The number of hydrogen-bond donors (Lipinski definition) is 4. The number of alkyl carbamates (subject to hydrolysis) is 1. The van der Waals surface area contributed by atoms with Crippen molar-refractivity contribution in [1.29, 1.82) is 0 Å². The Morgan fingerprint density at radius 3 is 1.97 bits per heavy atom. The van der Waals surface area contributed by atoms with Gasteiger partial charge >= 0.3 is 12.1 Å². The Balaban J connectivity index is 1.46. The van der Waals surface area contributed by atoms with Crippen LogP contribution in [0, 0.1) is 0 Å². The highest BCUT2D eigenvalue weighted by molar-refractivity contribution is 7.80. The number of carboxylic acid groups (broad SMARTS) is 1. The molecule has 0 bridgehead atoms. The molecule has 4 rings (SSSR count). The van der Waals surface area contributed by atoms with Crippen LogP contribution in [0.15, 0.2) is 78.9 Å². The van der Waals surface area contributed by atoms with Crippen LogP contribution in [0.25, 0.3) is 11.1 Å². The lowest BCUT2D eigenvalue weighted by Gasteiger charge is -2.21. The highest BCUT2D eigenvalue weighted by Crippen LogP contribution is 2.44. The topological polar surface area (TPSA) is 105 Å². The van der Waals surface area contributed by atoms with Crippen molar-refractivity contribution in [3.63, 3.8) is 0 Å². The van der Waals surface area contributed by atoms with Crippen molar-refractivity contribution in [2.75, 3.05) is 12.4 Å². The highest BCUT2D eigenvalue weighted by atomic mass is 32.1. The largest absolute Gasteiger partial charge is 0.480 e. The standard InChI is InChI=1S/C27H26N2O5S/c30-25(28-24(16-35)26(31)32)23(14-17-8-2-1-3-9-17)29-27(33)34-15-22-20-12-6-4-10-18(20)19-11-5-7-13-21(19)22/h1-13,22-24,35H,14-16H2,(H,28,30)(H,29,33)(H,31,32)/t23-,24?/m0/s1. The van der Waals surface area contributed by atoms with Crippen molar-refractivity contribution in [2.24, 2.45) is 0 Å². The number of aliphatic carboxylic acids is 1. The Bertz CT molecular complexity index is 1170. The van der Waals surface area contributed by atoms with Gasteiger partial charge in [0.15, 0.2) is 0 Å². The van der Waals surface area contributed by atoms with E-state index in [2.05, 4.69) is 35.4 Å². The fourth-order valence-corrected chi connectivity index (χ4v) is 4.55. The summed E-state index contributed by atoms with van der Waals surface area (Å²) in [6, 6.07) is 23.0. The molecule has 3 aromatic rings. The Morgan fingerprint density at radius 2 is 1.40 bits per heavy atom. The summed E-state index contributed by atoms with van der Waals surface area (Å²) < 4.78 is 5.58. The van der Waals surface area contributed by atoms with Crippen LogP contribution < -0.4 is 10.6 Å². The summed E-state index contributed by atoms with van der Waals surface area (Å²) in [5.41, 5.74) is 5.20. The summed E-state index contributed by atoms with van der Waals surface area (Å²) in [4.78, 5) is 37.0. The van der Waals surface area contributed by atoms with E-state index in [9.17, 15) is 19.5 Å². The van der Waals surface area contributed by atoms with Crippen LogP contribution in [0.4, 0.5) is 4.79 Å². The molecule has 7 nitrogen and oxygen atoms in total. The Hall–Kier alpha value is -3.78. The van der Waals surface area contributed by atoms with Crippen molar-refractivity contribution in [2.45, 2.75) is 24.4 Å². The zero-order valence-electron chi connectivity index (χ0n) is 18.9. The van der Waals surface area contributed by atoms with E-state index in [1.54, 1.807) is 0 Å². The third-order valence-electron chi connectivity index (χ3n) is 6.03. The van der Waals surface area contributed by atoms with Crippen LogP contribution in [0.5, 0.6) is 0 Å². The van der Waals surface area contributed by atoms with E-state index < -0.39 is 30.1 Å². The van der Waals surface area contributed by atoms with Crippen molar-refractivity contribution in [3.05, 3.63) is 95.6 Å². The first kappa shape index (κ1) is 24.3. The lowest BCUT2D eigenvalue weighted by atomic mass is 9.98. The smallest absolute Gasteiger partial charge is 0.407 e.